The summed E-state index contributed by atoms with van der Waals surface area (Å²) in [6.45, 7) is 4.10. The summed E-state index contributed by atoms with van der Waals surface area (Å²) >= 11 is 0. The molecule has 19 heavy (non-hydrogen) atoms. The average molecular weight is 268 g/mol. The number of ether oxygens (including phenoxy) is 1. The molecule has 0 unspecified atom stereocenters. The minimum absolute atomic E-state index is 0.0718. The summed E-state index contributed by atoms with van der Waals surface area (Å²) in [5, 5.41) is 0. The van der Waals surface area contributed by atoms with Crippen molar-refractivity contribution in [3.8, 4) is 5.75 Å². The molecule has 0 heterocycles. The van der Waals surface area contributed by atoms with E-state index in [1.165, 1.54) is 18.1 Å². The maximum Gasteiger partial charge on any atom is 0.239 e. The SMILES string of the molecule is COc1ccc(CN(C)C(=O)[C@H](N)C(C)C)cc1F. The summed E-state index contributed by atoms with van der Waals surface area (Å²) in [6, 6.07) is 4.11. The van der Waals surface area contributed by atoms with Gasteiger partial charge >= 0.3 is 0 Å². The fourth-order valence-corrected chi connectivity index (χ4v) is 1.70. The van der Waals surface area contributed by atoms with Crippen molar-refractivity contribution in [2.45, 2.75) is 26.4 Å². The van der Waals surface area contributed by atoms with Crippen LogP contribution in [0.25, 0.3) is 0 Å². The second-order valence-electron chi connectivity index (χ2n) is 4.93. The molecule has 0 fully saturated rings. The van der Waals surface area contributed by atoms with Gasteiger partial charge in [0.05, 0.1) is 13.2 Å². The van der Waals surface area contributed by atoms with Crippen LogP contribution in [-0.4, -0.2) is 31.0 Å². The molecular weight excluding hydrogens is 247 g/mol. The predicted molar refractivity (Wildman–Crippen MR) is 72.2 cm³/mol. The van der Waals surface area contributed by atoms with E-state index in [1.807, 2.05) is 13.8 Å². The van der Waals surface area contributed by atoms with E-state index in [1.54, 1.807) is 19.2 Å². The van der Waals surface area contributed by atoms with E-state index in [9.17, 15) is 9.18 Å². The molecule has 106 valence electrons. The van der Waals surface area contributed by atoms with Gasteiger partial charge in [-0.1, -0.05) is 19.9 Å². The van der Waals surface area contributed by atoms with Crippen LogP contribution < -0.4 is 10.5 Å². The first-order valence-corrected chi connectivity index (χ1v) is 6.19. The number of amides is 1. The Bertz CT molecular complexity index is 449. The second kappa shape index (κ2) is 6.52. The Hall–Kier alpha value is -1.62. The van der Waals surface area contributed by atoms with Crippen LogP contribution in [0, 0.1) is 11.7 Å². The molecule has 4 nitrogen and oxygen atoms in total. The van der Waals surface area contributed by atoms with Gasteiger partial charge in [-0.3, -0.25) is 4.79 Å². The number of nitrogens with zero attached hydrogens (tertiary/aromatic N) is 1. The van der Waals surface area contributed by atoms with Crippen LogP contribution in [0.15, 0.2) is 18.2 Å². The third-order valence-corrected chi connectivity index (χ3v) is 3.02. The third kappa shape index (κ3) is 3.92. The number of likely N-dealkylation sites (N-methyl/N-ethyl adjacent to an activating group) is 1. The number of carbonyl (C=O) groups is 1. The van der Waals surface area contributed by atoms with Gasteiger partial charge in [0.1, 0.15) is 0 Å². The van der Waals surface area contributed by atoms with Gasteiger partial charge in [-0.15, -0.1) is 0 Å². The molecule has 1 aromatic carbocycles. The smallest absolute Gasteiger partial charge is 0.239 e. The van der Waals surface area contributed by atoms with E-state index < -0.39 is 11.9 Å². The largest absolute Gasteiger partial charge is 0.494 e. The Morgan fingerprint density at radius 3 is 2.58 bits per heavy atom. The zero-order valence-corrected chi connectivity index (χ0v) is 11.8. The van der Waals surface area contributed by atoms with Crippen LogP contribution in [0.2, 0.25) is 0 Å². The zero-order chi connectivity index (χ0) is 14.6. The summed E-state index contributed by atoms with van der Waals surface area (Å²) in [5.41, 5.74) is 6.50. The van der Waals surface area contributed by atoms with Crippen molar-refractivity contribution in [1.82, 2.24) is 4.90 Å². The highest BCUT2D eigenvalue weighted by Gasteiger charge is 2.21. The lowest BCUT2D eigenvalue weighted by Crippen LogP contribution is -2.44. The van der Waals surface area contributed by atoms with Gasteiger partial charge in [-0.05, 0) is 23.6 Å². The van der Waals surface area contributed by atoms with Gasteiger partial charge in [0.15, 0.2) is 11.6 Å². The Kier molecular flexibility index (Phi) is 5.30. The van der Waals surface area contributed by atoms with E-state index in [4.69, 9.17) is 10.5 Å². The van der Waals surface area contributed by atoms with E-state index in [-0.39, 0.29) is 17.6 Å². The van der Waals surface area contributed by atoms with Crippen molar-refractivity contribution >= 4 is 5.91 Å². The number of carbonyl (C=O) groups excluding carboxylic acids is 1. The van der Waals surface area contributed by atoms with Gasteiger partial charge in [-0.25, -0.2) is 4.39 Å². The van der Waals surface area contributed by atoms with E-state index in [2.05, 4.69) is 0 Å². The van der Waals surface area contributed by atoms with Gasteiger partial charge in [0, 0.05) is 13.6 Å². The fraction of sp³-hybridized carbons (Fsp3) is 0.500. The normalized spacial score (nSPS) is 12.4. The zero-order valence-electron chi connectivity index (χ0n) is 11.8. The van der Waals surface area contributed by atoms with E-state index in [0.717, 1.165) is 0 Å². The van der Waals surface area contributed by atoms with Crippen molar-refractivity contribution in [3.05, 3.63) is 29.6 Å². The summed E-state index contributed by atoms with van der Waals surface area (Å²) in [5.74, 6) is -0.320. The van der Waals surface area contributed by atoms with Crippen LogP contribution in [0.4, 0.5) is 4.39 Å². The van der Waals surface area contributed by atoms with Crippen molar-refractivity contribution < 1.29 is 13.9 Å². The maximum absolute atomic E-state index is 13.5. The molecule has 5 heteroatoms. The topological polar surface area (TPSA) is 55.6 Å². The highest BCUT2D eigenvalue weighted by Crippen LogP contribution is 2.18. The molecule has 1 atom stereocenters. The van der Waals surface area contributed by atoms with Crippen LogP contribution >= 0.6 is 0 Å². The van der Waals surface area contributed by atoms with Crippen molar-refractivity contribution in [1.29, 1.82) is 0 Å². The second-order valence-corrected chi connectivity index (χ2v) is 4.93. The number of hydrogen-bond donors (Lipinski definition) is 1. The van der Waals surface area contributed by atoms with Gasteiger partial charge in [-0.2, -0.15) is 0 Å². The first-order valence-electron chi connectivity index (χ1n) is 6.19. The highest BCUT2D eigenvalue weighted by atomic mass is 19.1. The molecule has 1 aromatic rings. The van der Waals surface area contributed by atoms with Gasteiger partial charge in [0.25, 0.3) is 0 Å². The molecule has 1 amide bonds. The molecule has 0 aliphatic rings. The lowest BCUT2D eigenvalue weighted by atomic mass is 10.0. The molecule has 0 aliphatic carbocycles. The summed E-state index contributed by atoms with van der Waals surface area (Å²) in [7, 11) is 3.07. The highest BCUT2D eigenvalue weighted by molar-refractivity contribution is 5.81. The minimum atomic E-state index is -0.534. The van der Waals surface area contributed by atoms with Crippen LogP contribution in [0.5, 0.6) is 5.75 Å². The molecule has 0 spiro atoms. The quantitative estimate of drug-likeness (QED) is 0.885. The summed E-state index contributed by atoms with van der Waals surface area (Å²) in [4.78, 5) is 13.5. The number of hydrogen-bond acceptors (Lipinski definition) is 3. The van der Waals surface area contributed by atoms with E-state index in [0.29, 0.717) is 12.1 Å². The first kappa shape index (κ1) is 15.4. The minimum Gasteiger partial charge on any atom is -0.494 e. The predicted octanol–water partition coefficient (Wildman–Crippen LogP) is 1.78. The molecule has 0 aromatic heterocycles. The van der Waals surface area contributed by atoms with Gasteiger partial charge in [0.2, 0.25) is 5.91 Å². The Morgan fingerprint density at radius 1 is 1.47 bits per heavy atom. The van der Waals surface area contributed by atoms with Crippen LogP contribution in [0.3, 0.4) is 0 Å². The number of halogens is 1. The maximum atomic E-state index is 13.5. The number of benzene rings is 1. The molecule has 0 aliphatic heterocycles. The first-order chi connectivity index (χ1) is 8.86. The lowest BCUT2D eigenvalue weighted by molar-refractivity contribution is -0.132. The monoisotopic (exact) mass is 268 g/mol. The van der Waals surface area contributed by atoms with Crippen molar-refractivity contribution in [2.75, 3.05) is 14.2 Å². The fourth-order valence-electron chi connectivity index (χ4n) is 1.70. The summed E-state index contributed by atoms with van der Waals surface area (Å²) < 4.78 is 18.4. The molecule has 1 rings (SSSR count). The third-order valence-electron chi connectivity index (χ3n) is 3.02. The number of nitrogens with two attached hydrogens (primary N) is 1. The van der Waals surface area contributed by atoms with Gasteiger partial charge < -0.3 is 15.4 Å². The Morgan fingerprint density at radius 2 is 2.11 bits per heavy atom. The summed E-state index contributed by atoms with van der Waals surface area (Å²) in [6.07, 6.45) is 0. The molecule has 0 saturated heterocycles. The van der Waals surface area contributed by atoms with Crippen LogP contribution in [0.1, 0.15) is 19.4 Å². The molecule has 0 saturated carbocycles. The Balaban J connectivity index is 2.74. The molecular formula is C14H21FN2O2. The van der Waals surface area contributed by atoms with E-state index >= 15 is 0 Å². The number of rotatable bonds is 5. The Labute approximate surface area is 113 Å². The number of methoxy groups -OCH3 is 1. The van der Waals surface area contributed by atoms with Crippen LogP contribution in [-0.2, 0) is 11.3 Å². The average Bonchev–Trinajstić information content (AvgIpc) is 2.37. The molecule has 2 N–H and O–H groups in total. The van der Waals surface area contributed by atoms with Crippen molar-refractivity contribution in [2.24, 2.45) is 11.7 Å². The molecule has 0 bridgehead atoms. The van der Waals surface area contributed by atoms with Crippen molar-refractivity contribution in [3.63, 3.8) is 0 Å². The molecule has 0 radical (unpaired) electrons. The lowest BCUT2D eigenvalue weighted by Gasteiger charge is -2.23. The standard InChI is InChI=1S/C14H21FN2O2/c1-9(2)13(16)14(18)17(3)8-10-5-6-12(19-4)11(15)7-10/h5-7,9,13H,8,16H2,1-4H3/t13-/m1/s1.